The third-order valence-corrected chi connectivity index (χ3v) is 7.14. The minimum Gasteiger partial charge on any atom is -0.468 e. The molecule has 172 valence electrons. The van der Waals surface area contributed by atoms with Crippen molar-refractivity contribution in [1.82, 2.24) is 9.62 Å². The van der Waals surface area contributed by atoms with Crippen LogP contribution in [0.1, 0.15) is 17.7 Å². The number of rotatable bonds is 8. The first-order valence-corrected chi connectivity index (χ1v) is 12.1. The SMILES string of the molecule is O=C(Nc1ccc(S(=O)(=O)NCc2ccco2)cc1)C1CC(=O)N(Cc2ccccc2Cl)C1. The molecule has 2 heterocycles. The summed E-state index contributed by atoms with van der Waals surface area (Å²) in [4.78, 5) is 26.7. The van der Waals surface area contributed by atoms with Crippen LogP contribution in [0.3, 0.4) is 0 Å². The largest absolute Gasteiger partial charge is 0.468 e. The van der Waals surface area contributed by atoms with Gasteiger partial charge < -0.3 is 14.6 Å². The van der Waals surface area contributed by atoms with Gasteiger partial charge in [-0.05, 0) is 48.0 Å². The molecule has 8 nitrogen and oxygen atoms in total. The smallest absolute Gasteiger partial charge is 0.240 e. The number of furan rings is 1. The number of anilines is 1. The van der Waals surface area contributed by atoms with Gasteiger partial charge in [0.2, 0.25) is 21.8 Å². The predicted octanol–water partition coefficient (Wildman–Crippen LogP) is 3.40. The van der Waals surface area contributed by atoms with Gasteiger partial charge in [-0.3, -0.25) is 9.59 Å². The molecule has 2 N–H and O–H groups in total. The van der Waals surface area contributed by atoms with Crippen molar-refractivity contribution in [2.45, 2.75) is 24.4 Å². The second kappa shape index (κ2) is 9.78. The maximum Gasteiger partial charge on any atom is 0.240 e. The highest BCUT2D eigenvalue weighted by Gasteiger charge is 2.34. The van der Waals surface area contributed by atoms with E-state index in [4.69, 9.17) is 16.0 Å². The van der Waals surface area contributed by atoms with Crippen LogP contribution in [0.2, 0.25) is 5.02 Å². The molecule has 1 unspecified atom stereocenters. The lowest BCUT2D eigenvalue weighted by atomic mass is 10.1. The first kappa shape index (κ1) is 23.0. The molecule has 1 atom stereocenters. The van der Waals surface area contributed by atoms with Gasteiger partial charge in [-0.15, -0.1) is 0 Å². The number of amides is 2. The maximum absolute atomic E-state index is 12.7. The van der Waals surface area contributed by atoms with Crippen molar-refractivity contribution in [1.29, 1.82) is 0 Å². The molecule has 2 amide bonds. The zero-order valence-corrected chi connectivity index (χ0v) is 19.1. The zero-order valence-electron chi connectivity index (χ0n) is 17.5. The van der Waals surface area contributed by atoms with Crippen molar-refractivity contribution in [3.63, 3.8) is 0 Å². The molecule has 0 aliphatic carbocycles. The fourth-order valence-corrected chi connectivity index (χ4v) is 4.75. The Hall–Kier alpha value is -3.14. The molecule has 3 aromatic rings. The number of hydrogen-bond acceptors (Lipinski definition) is 5. The molecule has 1 aliphatic rings. The summed E-state index contributed by atoms with van der Waals surface area (Å²) in [7, 11) is -3.73. The van der Waals surface area contributed by atoms with Crippen LogP contribution in [-0.2, 0) is 32.7 Å². The molecule has 1 fully saturated rings. The molecule has 1 saturated heterocycles. The lowest BCUT2D eigenvalue weighted by Crippen LogP contribution is -2.28. The molecular formula is C23H22ClN3O5S. The van der Waals surface area contributed by atoms with E-state index in [9.17, 15) is 18.0 Å². The highest BCUT2D eigenvalue weighted by molar-refractivity contribution is 7.89. The fraction of sp³-hybridized carbons (Fsp3) is 0.217. The molecule has 0 bridgehead atoms. The second-order valence-electron chi connectivity index (χ2n) is 7.68. The molecule has 0 radical (unpaired) electrons. The summed E-state index contributed by atoms with van der Waals surface area (Å²) in [5.74, 6) is -0.411. The normalized spacial score (nSPS) is 16.2. The highest BCUT2D eigenvalue weighted by Crippen LogP contribution is 2.25. The van der Waals surface area contributed by atoms with Gasteiger partial charge in [0.15, 0.2) is 0 Å². The van der Waals surface area contributed by atoms with Crippen molar-refractivity contribution < 1.29 is 22.4 Å². The van der Waals surface area contributed by atoms with E-state index < -0.39 is 15.9 Å². The van der Waals surface area contributed by atoms with E-state index in [-0.39, 0.29) is 29.7 Å². The van der Waals surface area contributed by atoms with E-state index in [0.717, 1.165) is 5.56 Å². The maximum atomic E-state index is 12.7. The van der Waals surface area contributed by atoms with Crippen LogP contribution >= 0.6 is 11.6 Å². The summed E-state index contributed by atoms with van der Waals surface area (Å²) >= 11 is 6.18. The van der Waals surface area contributed by atoms with E-state index >= 15 is 0 Å². The van der Waals surface area contributed by atoms with E-state index in [1.165, 1.54) is 30.5 Å². The molecule has 1 aliphatic heterocycles. The van der Waals surface area contributed by atoms with Crippen LogP contribution in [0, 0.1) is 5.92 Å². The number of sulfonamides is 1. The minimum atomic E-state index is -3.73. The summed E-state index contributed by atoms with van der Waals surface area (Å²) in [5, 5.41) is 3.33. The standard InChI is InChI=1S/C23H22ClN3O5S/c24-21-6-2-1-4-16(21)14-27-15-17(12-22(27)28)23(29)26-18-7-9-20(10-8-18)33(30,31)25-13-19-5-3-11-32-19/h1-11,17,25H,12-15H2,(H,26,29). The molecule has 33 heavy (non-hydrogen) atoms. The molecule has 0 saturated carbocycles. The Morgan fingerprint density at radius 3 is 2.55 bits per heavy atom. The summed E-state index contributed by atoms with van der Waals surface area (Å²) in [5.41, 5.74) is 1.27. The average molecular weight is 488 g/mol. The highest BCUT2D eigenvalue weighted by atomic mass is 35.5. The van der Waals surface area contributed by atoms with Gasteiger partial charge in [0, 0.05) is 30.2 Å². The number of halogens is 1. The molecule has 0 spiro atoms. The van der Waals surface area contributed by atoms with Crippen molar-refractivity contribution >= 4 is 39.1 Å². The molecule has 4 rings (SSSR count). The Labute approximate surface area is 196 Å². The molecule has 1 aromatic heterocycles. The van der Waals surface area contributed by atoms with Crippen molar-refractivity contribution in [3.8, 4) is 0 Å². The van der Waals surface area contributed by atoms with Crippen molar-refractivity contribution in [2.75, 3.05) is 11.9 Å². The van der Waals surface area contributed by atoms with Crippen LogP contribution < -0.4 is 10.0 Å². The summed E-state index contributed by atoms with van der Waals surface area (Å²) in [6, 6.07) is 16.5. The lowest BCUT2D eigenvalue weighted by molar-refractivity contribution is -0.128. The van der Waals surface area contributed by atoms with Crippen molar-refractivity contribution in [2.24, 2.45) is 5.92 Å². The van der Waals surface area contributed by atoms with Gasteiger partial charge in [-0.1, -0.05) is 29.8 Å². The van der Waals surface area contributed by atoms with E-state index in [1.54, 1.807) is 23.1 Å². The topological polar surface area (TPSA) is 109 Å². The van der Waals surface area contributed by atoms with Gasteiger partial charge in [0.1, 0.15) is 5.76 Å². The Balaban J connectivity index is 1.34. The average Bonchev–Trinajstić information content (AvgIpc) is 3.44. The third kappa shape index (κ3) is 5.62. The van der Waals surface area contributed by atoms with E-state index in [0.29, 0.717) is 29.6 Å². The quantitative estimate of drug-likeness (QED) is 0.506. The summed E-state index contributed by atoms with van der Waals surface area (Å²) < 4.78 is 32.4. The van der Waals surface area contributed by atoms with E-state index in [1.807, 2.05) is 18.2 Å². The molecule has 10 heteroatoms. The number of nitrogens with one attached hydrogen (secondary N) is 2. The van der Waals surface area contributed by atoms with Crippen LogP contribution in [-0.4, -0.2) is 31.7 Å². The first-order chi connectivity index (χ1) is 15.8. The Kier molecular flexibility index (Phi) is 6.83. The fourth-order valence-electron chi connectivity index (χ4n) is 3.56. The van der Waals surface area contributed by atoms with Crippen LogP contribution in [0.5, 0.6) is 0 Å². The number of carbonyl (C=O) groups is 2. The van der Waals surface area contributed by atoms with Crippen LogP contribution in [0.4, 0.5) is 5.69 Å². The van der Waals surface area contributed by atoms with Gasteiger partial charge in [0.05, 0.1) is 23.6 Å². The monoisotopic (exact) mass is 487 g/mol. The Morgan fingerprint density at radius 2 is 1.85 bits per heavy atom. The molecular weight excluding hydrogens is 466 g/mol. The lowest BCUT2D eigenvalue weighted by Gasteiger charge is -2.17. The second-order valence-corrected chi connectivity index (χ2v) is 9.86. The van der Waals surface area contributed by atoms with Gasteiger partial charge in [-0.25, -0.2) is 13.1 Å². The number of hydrogen-bond donors (Lipinski definition) is 2. The van der Waals surface area contributed by atoms with E-state index in [2.05, 4.69) is 10.0 Å². The summed E-state index contributed by atoms with van der Waals surface area (Å²) in [6.07, 6.45) is 1.58. The number of benzene rings is 2. The zero-order chi connectivity index (χ0) is 23.4. The molecule has 2 aromatic carbocycles. The van der Waals surface area contributed by atoms with Crippen molar-refractivity contribution in [3.05, 3.63) is 83.3 Å². The summed E-state index contributed by atoms with van der Waals surface area (Å²) in [6.45, 7) is 0.674. The number of nitrogens with zero attached hydrogens (tertiary/aromatic N) is 1. The van der Waals surface area contributed by atoms with Crippen LogP contribution in [0.15, 0.2) is 76.2 Å². The first-order valence-electron chi connectivity index (χ1n) is 10.3. The van der Waals surface area contributed by atoms with Gasteiger partial charge in [0.25, 0.3) is 0 Å². The van der Waals surface area contributed by atoms with Crippen LogP contribution in [0.25, 0.3) is 0 Å². The minimum absolute atomic E-state index is 0.0359. The predicted molar refractivity (Wildman–Crippen MR) is 123 cm³/mol. The number of likely N-dealkylation sites (tertiary alicyclic amines) is 1. The number of carbonyl (C=O) groups excluding carboxylic acids is 2. The van der Waals surface area contributed by atoms with Gasteiger partial charge in [-0.2, -0.15) is 0 Å². The third-order valence-electron chi connectivity index (χ3n) is 5.35. The van der Waals surface area contributed by atoms with Gasteiger partial charge >= 0.3 is 0 Å². The Morgan fingerprint density at radius 1 is 1.09 bits per heavy atom. The Bertz CT molecular complexity index is 1240.